The van der Waals surface area contributed by atoms with E-state index in [0.717, 1.165) is 11.1 Å². The van der Waals surface area contributed by atoms with Gasteiger partial charge in [-0.05, 0) is 30.7 Å². The molecule has 1 radical (unpaired) electrons. The van der Waals surface area contributed by atoms with E-state index in [1.54, 1.807) is 12.3 Å². The molecule has 0 aliphatic heterocycles. The predicted molar refractivity (Wildman–Crippen MR) is 64.2 cm³/mol. The highest BCUT2D eigenvalue weighted by Crippen LogP contribution is 2.33. The number of aromatic nitrogens is 1. The van der Waals surface area contributed by atoms with Gasteiger partial charge in [-0.3, -0.25) is 4.98 Å². The minimum atomic E-state index is 0.552. The summed E-state index contributed by atoms with van der Waals surface area (Å²) < 4.78 is 0. The maximum absolute atomic E-state index is 6.11. The van der Waals surface area contributed by atoms with Gasteiger partial charge in [0.05, 0.1) is 10.0 Å². The van der Waals surface area contributed by atoms with Gasteiger partial charge in [0.25, 0.3) is 0 Å². The van der Waals surface area contributed by atoms with E-state index < -0.39 is 0 Å². The number of nitrogens with zero attached hydrogens (tertiary/aromatic N) is 1. The molecule has 0 atom stereocenters. The van der Waals surface area contributed by atoms with E-state index in [0.29, 0.717) is 15.7 Å². The van der Waals surface area contributed by atoms with Crippen molar-refractivity contribution in [3.63, 3.8) is 0 Å². The van der Waals surface area contributed by atoms with Crippen molar-refractivity contribution in [2.45, 2.75) is 0 Å². The minimum Gasteiger partial charge on any atom is -0.261 e. The van der Waals surface area contributed by atoms with Crippen molar-refractivity contribution in [3.05, 3.63) is 59.2 Å². The Balaban J connectivity index is 2.59. The van der Waals surface area contributed by atoms with Crippen LogP contribution in [0.5, 0.6) is 0 Å². The Bertz CT molecular complexity index is 495. The van der Waals surface area contributed by atoms with E-state index in [4.69, 9.17) is 23.2 Å². The van der Waals surface area contributed by atoms with Crippen LogP contribution in [0.25, 0.3) is 11.1 Å². The Kier molecular flexibility index (Phi) is 2.94. The third-order valence-corrected chi connectivity index (χ3v) is 2.90. The molecule has 1 aromatic heterocycles. The fraction of sp³-hybridized carbons (Fsp3) is 0. The molecule has 3 heteroatoms. The Morgan fingerprint density at radius 2 is 1.93 bits per heavy atom. The van der Waals surface area contributed by atoms with Crippen LogP contribution in [0.2, 0.25) is 10.0 Å². The summed E-state index contributed by atoms with van der Waals surface area (Å²) in [5.74, 6) is 0. The van der Waals surface area contributed by atoms with Gasteiger partial charge in [-0.15, -0.1) is 0 Å². The molecule has 15 heavy (non-hydrogen) atoms. The smallest absolute Gasteiger partial charge is 0.0670 e. The van der Waals surface area contributed by atoms with Gasteiger partial charge in [0.2, 0.25) is 0 Å². The number of halogens is 2. The second-order valence-electron chi connectivity index (χ2n) is 3.14. The molecular weight excluding hydrogens is 229 g/mol. The molecule has 0 N–H and O–H groups in total. The normalized spacial score (nSPS) is 10.3. The lowest BCUT2D eigenvalue weighted by molar-refractivity contribution is 1.27. The number of benzene rings is 1. The van der Waals surface area contributed by atoms with Crippen molar-refractivity contribution in [2.75, 3.05) is 0 Å². The molecular formula is C12H8Cl2N. The van der Waals surface area contributed by atoms with Crippen molar-refractivity contribution >= 4 is 23.2 Å². The summed E-state index contributed by atoms with van der Waals surface area (Å²) in [5.41, 5.74) is 2.59. The van der Waals surface area contributed by atoms with Gasteiger partial charge in [0.1, 0.15) is 0 Å². The van der Waals surface area contributed by atoms with Crippen molar-refractivity contribution < 1.29 is 0 Å². The van der Waals surface area contributed by atoms with Gasteiger partial charge in [-0.1, -0.05) is 35.3 Å². The van der Waals surface area contributed by atoms with E-state index in [2.05, 4.69) is 11.9 Å². The van der Waals surface area contributed by atoms with E-state index in [9.17, 15) is 0 Å². The summed E-state index contributed by atoms with van der Waals surface area (Å²) in [5, 5.41) is 1.11. The Labute approximate surface area is 98.7 Å². The van der Waals surface area contributed by atoms with Crippen molar-refractivity contribution in [3.8, 4) is 11.1 Å². The zero-order valence-electron chi connectivity index (χ0n) is 7.87. The van der Waals surface area contributed by atoms with Crippen LogP contribution in [0.3, 0.4) is 0 Å². The van der Waals surface area contributed by atoms with Gasteiger partial charge in [-0.2, -0.15) is 0 Å². The SMILES string of the molecule is [CH2]c1cc(-c2cccc(Cl)c2Cl)ccn1. The number of pyridine rings is 1. The van der Waals surface area contributed by atoms with Crippen molar-refractivity contribution in [2.24, 2.45) is 0 Å². The minimum absolute atomic E-state index is 0.552. The molecule has 0 aliphatic rings. The molecule has 0 saturated heterocycles. The van der Waals surface area contributed by atoms with Crippen molar-refractivity contribution in [1.82, 2.24) is 4.98 Å². The summed E-state index contributed by atoms with van der Waals surface area (Å²) in [6, 6.07) is 9.30. The molecule has 2 rings (SSSR count). The molecule has 1 aromatic carbocycles. The average Bonchev–Trinajstić information content (AvgIpc) is 2.22. The lowest BCUT2D eigenvalue weighted by atomic mass is 10.1. The lowest BCUT2D eigenvalue weighted by Crippen LogP contribution is -1.84. The number of rotatable bonds is 1. The van der Waals surface area contributed by atoms with Gasteiger partial charge >= 0.3 is 0 Å². The maximum atomic E-state index is 6.11. The summed E-state index contributed by atoms with van der Waals surface area (Å²) in [6.07, 6.45) is 1.70. The van der Waals surface area contributed by atoms with E-state index >= 15 is 0 Å². The van der Waals surface area contributed by atoms with Crippen LogP contribution in [-0.2, 0) is 0 Å². The number of hydrogen-bond donors (Lipinski definition) is 0. The van der Waals surface area contributed by atoms with E-state index in [1.807, 2.05) is 24.3 Å². The van der Waals surface area contributed by atoms with Crippen molar-refractivity contribution in [1.29, 1.82) is 0 Å². The molecule has 0 aliphatic carbocycles. The first kappa shape index (κ1) is 10.5. The first-order chi connectivity index (χ1) is 7.18. The fourth-order valence-corrected chi connectivity index (χ4v) is 1.78. The Morgan fingerprint density at radius 3 is 2.67 bits per heavy atom. The maximum Gasteiger partial charge on any atom is 0.0670 e. The highest BCUT2D eigenvalue weighted by atomic mass is 35.5. The predicted octanol–water partition coefficient (Wildman–Crippen LogP) is 4.24. The van der Waals surface area contributed by atoms with E-state index in [-0.39, 0.29) is 0 Å². The molecule has 0 amide bonds. The number of hydrogen-bond acceptors (Lipinski definition) is 1. The first-order valence-electron chi connectivity index (χ1n) is 4.41. The summed E-state index contributed by atoms with van der Waals surface area (Å²) in [4.78, 5) is 4.03. The summed E-state index contributed by atoms with van der Waals surface area (Å²) in [6.45, 7) is 3.77. The molecule has 2 aromatic rings. The van der Waals surface area contributed by atoms with Gasteiger partial charge < -0.3 is 0 Å². The molecule has 0 bridgehead atoms. The third kappa shape index (κ3) is 2.14. The highest BCUT2D eigenvalue weighted by molar-refractivity contribution is 6.43. The quantitative estimate of drug-likeness (QED) is 0.722. The van der Waals surface area contributed by atoms with Crippen LogP contribution in [0.15, 0.2) is 36.5 Å². The van der Waals surface area contributed by atoms with Crippen LogP contribution in [0.1, 0.15) is 5.69 Å². The largest absolute Gasteiger partial charge is 0.261 e. The zero-order chi connectivity index (χ0) is 10.8. The van der Waals surface area contributed by atoms with Crippen LogP contribution >= 0.6 is 23.2 Å². The molecule has 1 nitrogen and oxygen atoms in total. The monoisotopic (exact) mass is 236 g/mol. The molecule has 1 heterocycles. The van der Waals surface area contributed by atoms with Gasteiger partial charge in [0.15, 0.2) is 0 Å². The highest BCUT2D eigenvalue weighted by Gasteiger charge is 2.06. The van der Waals surface area contributed by atoms with Gasteiger partial charge in [0, 0.05) is 17.5 Å². The molecule has 0 saturated carbocycles. The lowest BCUT2D eigenvalue weighted by Gasteiger charge is -2.06. The first-order valence-corrected chi connectivity index (χ1v) is 5.16. The van der Waals surface area contributed by atoms with Crippen LogP contribution < -0.4 is 0 Å². The standard InChI is InChI=1S/C12H8Cl2N/c1-8-7-9(5-6-15-8)10-3-2-4-11(13)12(10)14/h2-7H,1H2. The molecule has 75 valence electrons. The molecule has 0 unspecified atom stereocenters. The zero-order valence-corrected chi connectivity index (χ0v) is 9.39. The summed E-state index contributed by atoms with van der Waals surface area (Å²) in [7, 11) is 0. The topological polar surface area (TPSA) is 12.9 Å². The molecule has 0 fully saturated rings. The second-order valence-corrected chi connectivity index (χ2v) is 3.92. The summed E-state index contributed by atoms with van der Waals surface area (Å²) >= 11 is 12.0. The van der Waals surface area contributed by atoms with E-state index in [1.165, 1.54) is 0 Å². The van der Waals surface area contributed by atoms with Crippen LogP contribution in [0.4, 0.5) is 0 Å². The third-order valence-electron chi connectivity index (χ3n) is 2.08. The van der Waals surface area contributed by atoms with Crippen LogP contribution in [-0.4, -0.2) is 4.98 Å². The molecule has 0 spiro atoms. The van der Waals surface area contributed by atoms with Crippen LogP contribution in [0, 0.1) is 6.92 Å². The van der Waals surface area contributed by atoms with Gasteiger partial charge in [-0.25, -0.2) is 0 Å². The average molecular weight is 237 g/mol. The Morgan fingerprint density at radius 1 is 1.13 bits per heavy atom. The second kappa shape index (κ2) is 4.21. The Hall–Kier alpha value is -1.05. The fourth-order valence-electron chi connectivity index (χ4n) is 1.37.